The highest BCUT2D eigenvalue weighted by Crippen LogP contribution is 2.06. The Morgan fingerprint density at radius 2 is 2.29 bits per heavy atom. The molecule has 2 aromatic rings. The van der Waals surface area contributed by atoms with Gasteiger partial charge in [0.1, 0.15) is 5.82 Å². The summed E-state index contributed by atoms with van der Waals surface area (Å²) in [6.45, 7) is 3.00. The lowest BCUT2D eigenvalue weighted by molar-refractivity contribution is 0.0989. The first kappa shape index (κ1) is 11.5. The lowest BCUT2D eigenvalue weighted by Gasteiger charge is -2.05. The number of aromatic nitrogens is 3. The van der Waals surface area contributed by atoms with Gasteiger partial charge in [0.25, 0.3) is 0 Å². The highest BCUT2D eigenvalue weighted by molar-refractivity contribution is 5.96. The van der Waals surface area contributed by atoms with E-state index in [1.807, 2.05) is 10.8 Å². The Morgan fingerprint density at radius 3 is 3.00 bits per heavy atom. The van der Waals surface area contributed by atoms with Gasteiger partial charge in [-0.05, 0) is 18.6 Å². The number of aryl methyl sites for hydroxylation is 1. The average molecular weight is 229 g/mol. The fourth-order valence-corrected chi connectivity index (χ4v) is 1.73. The van der Waals surface area contributed by atoms with Gasteiger partial charge in [0.2, 0.25) is 0 Å². The van der Waals surface area contributed by atoms with Crippen molar-refractivity contribution in [1.29, 1.82) is 0 Å². The fraction of sp³-hybridized carbons (Fsp3) is 0.308. The smallest absolute Gasteiger partial charge is 0.171 e. The largest absolute Gasteiger partial charge is 0.335 e. The molecule has 0 aromatic carbocycles. The average Bonchev–Trinajstić information content (AvgIpc) is 2.78. The van der Waals surface area contributed by atoms with Gasteiger partial charge in [-0.3, -0.25) is 9.78 Å². The van der Waals surface area contributed by atoms with Crippen LogP contribution < -0.4 is 0 Å². The quantitative estimate of drug-likeness (QED) is 0.738. The third-order valence-corrected chi connectivity index (χ3v) is 2.57. The van der Waals surface area contributed by atoms with E-state index in [9.17, 15) is 4.79 Å². The number of Topliss-reactive ketones (excluding diaryl/α,β-unsaturated/α-hetero) is 1. The van der Waals surface area contributed by atoms with Crippen molar-refractivity contribution in [2.45, 2.75) is 26.3 Å². The van der Waals surface area contributed by atoms with Gasteiger partial charge in [0.05, 0.1) is 6.42 Å². The second-order valence-corrected chi connectivity index (χ2v) is 3.88. The number of ketones is 1. The topological polar surface area (TPSA) is 47.8 Å². The van der Waals surface area contributed by atoms with Crippen molar-refractivity contribution in [2.75, 3.05) is 0 Å². The molecule has 0 amide bonds. The summed E-state index contributed by atoms with van der Waals surface area (Å²) in [5.41, 5.74) is 0.638. The summed E-state index contributed by atoms with van der Waals surface area (Å²) in [6.07, 6.45) is 8.27. The molecule has 0 bridgehead atoms. The Hall–Kier alpha value is -1.97. The molecular formula is C13H15N3O. The number of hydrogen-bond donors (Lipinski definition) is 0. The zero-order valence-corrected chi connectivity index (χ0v) is 9.84. The Labute approximate surface area is 100 Å². The molecule has 0 unspecified atom stereocenters. The predicted octanol–water partition coefficient (Wildman–Crippen LogP) is 2.11. The highest BCUT2D eigenvalue weighted by atomic mass is 16.1. The summed E-state index contributed by atoms with van der Waals surface area (Å²) in [4.78, 5) is 20.1. The minimum Gasteiger partial charge on any atom is -0.335 e. The Morgan fingerprint density at radius 1 is 1.41 bits per heavy atom. The first-order valence-corrected chi connectivity index (χ1v) is 5.74. The Kier molecular flexibility index (Phi) is 3.65. The second-order valence-electron chi connectivity index (χ2n) is 3.88. The van der Waals surface area contributed by atoms with Gasteiger partial charge >= 0.3 is 0 Å². The van der Waals surface area contributed by atoms with Crippen LogP contribution in [0.15, 0.2) is 36.9 Å². The van der Waals surface area contributed by atoms with Crippen LogP contribution in [0.4, 0.5) is 0 Å². The first-order valence-electron chi connectivity index (χ1n) is 5.74. The zero-order chi connectivity index (χ0) is 12.1. The number of nitrogens with zero attached hydrogens (tertiary/aromatic N) is 3. The molecule has 0 aliphatic carbocycles. The number of carbonyl (C=O) groups is 1. The summed E-state index contributed by atoms with van der Waals surface area (Å²) in [7, 11) is 0. The van der Waals surface area contributed by atoms with Crippen molar-refractivity contribution in [3.63, 3.8) is 0 Å². The Balaban J connectivity index is 2.11. The van der Waals surface area contributed by atoms with Crippen molar-refractivity contribution in [3.05, 3.63) is 48.3 Å². The molecule has 0 aliphatic heterocycles. The van der Waals surface area contributed by atoms with Gasteiger partial charge in [-0.1, -0.05) is 6.92 Å². The molecule has 0 saturated carbocycles. The molecule has 0 spiro atoms. The van der Waals surface area contributed by atoms with E-state index in [-0.39, 0.29) is 5.78 Å². The van der Waals surface area contributed by atoms with Gasteiger partial charge < -0.3 is 4.57 Å². The maximum atomic E-state index is 12.0. The molecule has 2 rings (SSSR count). The van der Waals surface area contributed by atoms with E-state index >= 15 is 0 Å². The van der Waals surface area contributed by atoms with Crippen LogP contribution in [0.5, 0.6) is 0 Å². The normalized spacial score (nSPS) is 10.4. The van der Waals surface area contributed by atoms with Gasteiger partial charge in [0.15, 0.2) is 5.78 Å². The van der Waals surface area contributed by atoms with E-state index in [1.54, 1.807) is 30.7 Å². The van der Waals surface area contributed by atoms with Crippen molar-refractivity contribution < 1.29 is 4.79 Å². The molecule has 0 saturated heterocycles. The standard InChI is InChI=1S/C13H15N3O/c1-2-7-16-8-6-15-13(16)9-12(17)11-4-3-5-14-10-11/h3-6,8,10H,2,7,9H2,1H3. The van der Waals surface area contributed by atoms with Crippen LogP contribution in [-0.2, 0) is 13.0 Å². The maximum absolute atomic E-state index is 12.0. The first-order chi connectivity index (χ1) is 8.31. The van der Waals surface area contributed by atoms with Crippen molar-refractivity contribution >= 4 is 5.78 Å². The van der Waals surface area contributed by atoms with Crippen LogP contribution in [0.3, 0.4) is 0 Å². The molecule has 0 fully saturated rings. The predicted molar refractivity (Wildman–Crippen MR) is 64.8 cm³/mol. The maximum Gasteiger partial charge on any atom is 0.171 e. The molecule has 0 atom stereocenters. The lowest BCUT2D eigenvalue weighted by Crippen LogP contribution is -2.10. The second kappa shape index (κ2) is 5.39. The van der Waals surface area contributed by atoms with Gasteiger partial charge in [-0.15, -0.1) is 0 Å². The molecule has 0 radical (unpaired) electrons. The van der Waals surface area contributed by atoms with Crippen LogP contribution in [0.1, 0.15) is 29.5 Å². The van der Waals surface area contributed by atoms with Crippen LogP contribution in [-0.4, -0.2) is 20.3 Å². The minimum atomic E-state index is 0.0571. The summed E-state index contributed by atoms with van der Waals surface area (Å²) in [6, 6.07) is 3.55. The summed E-state index contributed by atoms with van der Waals surface area (Å²) >= 11 is 0. The van der Waals surface area contributed by atoms with E-state index in [0.717, 1.165) is 18.8 Å². The molecule has 4 nitrogen and oxygen atoms in total. The molecule has 4 heteroatoms. The molecule has 2 heterocycles. The van der Waals surface area contributed by atoms with Gasteiger partial charge in [-0.25, -0.2) is 4.98 Å². The van der Waals surface area contributed by atoms with E-state index in [2.05, 4.69) is 16.9 Å². The summed E-state index contributed by atoms with van der Waals surface area (Å²) in [5, 5.41) is 0. The van der Waals surface area contributed by atoms with Crippen LogP contribution in [0.2, 0.25) is 0 Å². The van der Waals surface area contributed by atoms with Gasteiger partial charge in [0, 0.05) is 36.9 Å². The van der Waals surface area contributed by atoms with Crippen molar-refractivity contribution in [1.82, 2.24) is 14.5 Å². The number of hydrogen-bond acceptors (Lipinski definition) is 3. The lowest BCUT2D eigenvalue weighted by atomic mass is 10.1. The monoisotopic (exact) mass is 229 g/mol. The third-order valence-electron chi connectivity index (χ3n) is 2.57. The zero-order valence-electron chi connectivity index (χ0n) is 9.84. The van der Waals surface area contributed by atoms with Crippen molar-refractivity contribution in [3.8, 4) is 0 Å². The molecule has 88 valence electrons. The van der Waals surface area contributed by atoms with Crippen LogP contribution in [0, 0.1) is 0 Å². The van der Waals surface area contributed by atoms with E-state index < -0.39 is 0 Å². The molecular weight excluding hydrogens is 214 g/mol. The SMILES string of the molecule is CCCn1ccnc1CC(=O)c1cccnc1. The number of pyridine rings is 1. The third kappa shape index (κ3) is 2.78. The van der Waals surface area contributed by atoms with Crippen LogP contribution >= 0.6 is 0 Å². The number of rotatable bonds is 5. The molecule has 0 aliphatic rings. The Bertz CT molecular complexity index is 490. The summed E-state index contributed by atoms with van der Waals surface area (Å²) in [5.74, 6) is 0.877. The van der Waals surface area contributed by atoms with Crippen molar-refractivity contribution in [2.24, 2.45) is 0 Å². The number of carbonyl (C=O) groups excluding carboxylic acids is 1. The van der Waals surface area contributed by atoms with Crippen LogP contribution in [0.25, 0.3) is 0 Å². The molecule has 17 heavy (non-hydrogen) atoms. The highest BCUT2D eigenvalue weighted by Gasteiger charge is 2.10. The fourth-order valence-electron chi connectivity index (χ4n) is 1.73. The van der Waals surface area contributed by atoms with E-state index in [0.29, 0.717) is 12.0 Å². The minimum absolute atomic E-state index is 0.0571. The van der Waals surface area contributed by atoms with Gasteiger partial charge in [-0.2, -0.15) is 0 Å². The molecule has 2 aromatic heterocycles. The van der Waals surface area contributed by atoms with E-state index in [1.165, 1.54) is 0 Å². The molecule has 0 N–H and O–H groups in total. The van der Waals surface area contributed by atoms with E-state index in [4.69, 9.17) is 0 Å². The number of imidazole rings is 1. The summed E-state index contributed by atoms with van der Waals surface area (Å²) < 4.78 is 2.02.